The van der Waals surface area contributed by atoms with Crippen LogP contribution in [0.3, 0.4) is 0 Å². The Kier molecular flexibility index (Phi) is 42.5. The molecule has 0 aliphatic heterocycles. The minimum atomic E-state index is 0.479. The number of thiazole rings is 1. The highest BCUT2D eigenvalue weighted by Gasteiger charge is 2.10. The number of aryl methyl sites for hydroxylation is 7. The van der Waals surface area contributed by atoms with E-state index in [0.29, 0.717) is 71.0 Å². The SMILES string of the molecule is CC(C)c1cc2ccccn2n1.CC(C)c1cccn2nccc12.CC(C)c1ccn2cccc2c1.CC(C)c1ccn2ccnc2c1.CC(C)c1ccn[nH]1.CC(C)c1cn2ccccc2n1.CC(C)c1cnn(C)c1.Cc1cc(C(C)C)cn1C.Cc1ccc(C(C)C)s1.Cc1cncc(C(C)C)n1.Cc1csc(C(C)C)n1.Cc1ncc(C(C)C)cn1. The Morgan fingerprint density at radius 2 is 0.984 bits per heavy atom. The molecular formula is C104H145N19S2. The van der Waals surface area contributed by atoms with Crippen LogP contribution in [0.15, 0.2) is 238 Å². The number of imidazole rings is 2. The third-order valence-electron chi connectivity index (χ3n) is 20.1. The Balaban J connectivity index is 0.000000211. The maximum absolute atomic E-state index is 4.48. The summed E-state index contributed by atoms with van der Waals surface area (Å²) in [4.78, 5) is 32.5. The Labute approximate surface area is 755 Å². The second-order valence-electron chi connectivity index (χ2n) is 35.1. The summed E-state index contributed by atoms with van der Waals surface area (Å²) in [5.74, 6) is 7.71. The number of hydrogen-bond donors (Lipinski definition) is 1. The van der Waals surface area contributed by atoms with Gasteiger partial charge >= 0.3 is 0 Å². The molecule has 0 fully saturated rings. The number of rotatable bonds is 12. The molecule has 0 aliphatic carbocycles. The minimum absolute atomic E-state index is 0.479. The molecule has 19 nitrogen and oxygen atoms in total. The molecule has 0 spiro atoms. The van der Waals surface area contributed by atoms with Gasteiger partial charge in [0.2, 0.25) is 0 Å². The summed E-state index contributed by atoms with van der Waals surface area (Å²) in [6, 6.07) is 42.0. The molecule has 0 radical (unpaired) electrons. The van der Waals surface area contributed by atoms with Crippen LogP contribution in [0.2, 0.25) is 0 Å². The summed E-state index contributed by atoms with van der Waals surface area (Å²) in [6.45, 7) is 62.3. The van der Waals surface area contributed by atoms with Crippen LogP contribution in [0, 0.1) is 34.6 Å². The molecule has 0 aliphatic rings. The lowest BCUT2D eigenvalue weighted by molar-refractivity contribution is 0.764. The van der Waals surface area contributed by atoms with Crippen molar-refractivity contribution >= 4 is 50.5 Å². The number of thiophene rings is 1. The van der Waals surface area contributed by atoms with E-state index < -0.39 is 0 Å². The van der Waals surface area contributed by atoms with Crippen molar-refractivity contribution < 1.29 is 0 Å². The fraction of sp³-hybridized carbons (Fsp3) is 0.413. The highest BCUT2D eigenvalue weighted by Crippen LogP contribution is 2.26. The lowest BCUT2D eigenvalue weighted by atomic mass is 10.0. The van der Waals surface area contributed by atoms with Crippen molar-refractivity contribution in [2.75, 3.05) is 0 Å². The third-order valence-corrected chi connectivity index (χ3v) is 22.7. The fourth-order valence-electron chi connectivity index (χ4n) is 11.8. The first-order valence-electron chi connectivity index (χ1n) is 44.2. The van der Waals surface area contributed by atoms with E-state index in [1.165, 1.54) is 76.1 Å². The van der Waals surface area contributed by atoms with Gasteiger partial charge in [-0.25, -0.2) is 34.0 Å². The maximum Gasteiger partial charge on any atom is 0.136 e. The summed E-state index contributed by atoms with van der Waals surface area (Å²) in [5, 5.41) is 22.7. The Hall–Kier alpha value is -11.3. The van der Waals surface area contributed by atoms with E-state index in [1.807, 2.05) is 168 Å². The molecule has 17 aromatic rings. The number of aromatic amines is 1. The van der Waals surface area contributed by atoms with Crippen molar-refractivity contribution in [3.63, 3.8) is 0 Å². The third kappa shape index (κ3) is 35.0. The van der Waals surface area contributed by atoms with E-state index in [1.54, 1.807) is 23.7 Å². The molecule has 0 amide bonds. The first-order chi connectivity index (χ1) is 59.3. The van der Waals surface area contributed by atoms with Gasteiger partial charge in [-0.05, 0) is 236 Å². The average Bonchev–Trinajstić information content (AvgIpc) is 1.73. The van der Waals surface area contributed by atoms with Crippen molar-refractivity contribution in [2.45, 2.75) is 272 Å². The highest BCUT2D eigenvalue weighted by atomic mass is 32.1. The zero-order valence-electron chi connectivity index (χ0n) is 80.8. The molecule has 0 saturated carbocycles. The molecule has 17 rings (SSSR count). The predicted molar refractivity (Wildman–Crippen MR) is 529 cm³/mol. The number of pyridine rings is 5. The van der Waals surface area contributed by atoms with Gasteiger partial charge in [0, 0.05) is 163 Å². The van der Waals surface area contributed by atoms with Gasteiger partial charge in [0.1, 0.15) is 17.1 Å². The van der Waals surface area contributed by atoms with E-state index >= 15 is 0 Å². The van der Waals surface area contributed by atoms with Crippen molar-refractivity contribution in [1.82, 2.24) is 91.9 Å². The van der Waals surface area contributed by atoms with Crippen molar-refractivity contribution in [3.8, 4) is 0 Å². The van der Waals surface area contributed by atoms with E-state index in [2.05, 4.69) is 376 Å². The largest absolute Gasteiger partial charge is 0.354 e. The van der Waals surface area contributed by atoms with Crippen LogP contribution in [0.4, 0.5) is 0 Å². The smallest absolute Gasteiger partial charge is 0.136 e. The molecule has 125 heavy (non-hydrogen) atoms. The topological polar surface area (TPSA) is 189 Å². The molecule has 0 saturated heterocycles. The molecule has 0 atom stereocenters. The summed E-state index contributed by atoms with van der Waals surface area (Å²) in [7, 11) is 4.02. The van der Waals surface area contributed by atoms with Gasteiger partial charge in [0.25, 0.3) is 0 Å². The fourth-order valence-corrected chi connectivity index (χ4v) is 13.5. The number of fused-ring (bicyclic) bond motifs is 5. The first-order valence-corrected chi connectivity index (χ1v) is 45.9. The Morgan fingerprint density at radius 1 is 0.368 bits per heavy atom. The molecule has 0 unspecified atom stereocenters. The molecule has 1 N–H and O–H groups in total. The monoisotopic (exact) mass is 1720 g/mol. The van der Waals surface area contributed by atoms with Gasteiger partial charge in [-0.1, -0.05) is 184 Å². The number of nitrogens with zero attached hydrogens (tertiary/aromatic N) is 18. The molecule has 0 bridgehead atoms. The summed E-state index contributed by atoms with van der Waals surface area (Å²) in [5.41, 5.74) is 21.8. The van der Waals surface area contributed by atoms with Crippen molar-refractivity contribution in [2.24, 2.45) is 14.1 Å². The lowest BCUT2D eigenvalue weighted by Gasteiger charge is -2.06. The molecular weight excluding hydrogens is 1580 g/mol. The number of aromatic nitrogens is 19. The van der Waals surface area contributed by atoms with Crippen molar-refractivity contribution in [1.29, 1.82) is 0 Å². The van der Waals surface area contributed by atoms with E-state index in [9.17, 15) is 0 Å². The molecule has 21 heteroatoms. The standard InChI is InChI=1S/C11H13N.4C10H12N2.C9H15N.2C8H12N2.C8H12S.C7H12N2.C7H11NS.C6H10N2/c1-9(2)10-5-7-12-6-3-4-11(12)8-10;1-8(2)9-3-5-12-6-4-11-10(12)7-9;1-8(2)9-4-3-7-12-10(9)5-6-11-12;1-8(2)9-7-12-6-4-3-5-10(12)11-9;1-8(2)10-7-9-5-3-4-6-12(9)11-10;1-7(2)9-5-8(3)10(4)6-9;1-6(2)8-4-9-7(3)10-5-8;1-6(2)8-5-9-4-7(3)10-8;1-6(2)8-5-4-7(3)9-8;1-6(2)7-4-8-9(3)5-7;1-5(2)7-8-6(3)4-9-7;1-5(2)6-3-4-7-8-6/h3-9H,1-2H3;4*3-8H,1-2H3;5-7H,1-4H3;2*4-6H,1-3H3;2*4-6H,1-3H3;4-5H,1-3H3;3-5H,1-2H3,(H,7,8). The molecule has 668 valence electrons. The number of nitrogens with one attached hydrogen (secondary N) is 1. The number of hydrogen-bond acceptors (Lipinski definition) is 13. The Morgan fingerprint density at radius 3 is 1.46 bits per heavy atom. The van der Waals surface area contributed by atoms with Gasteiger partial charge in [0.05, 0.1) is 45.0 Å². The summed E-state index contributed by atoms with van der Waals surface area (Å²) < 4.78 is 14.0. The van der Waals surface area contributed by atoms with Gasteiger partial charge in [-0.15, -0.1) is 22.7 Å². The van der Waals surface area contributed by atoms with E-state index in [4.69, 9.17) is 0 Å². The molecule has 17 aromatic heterocycles. The average molecular weight is 1730 g/mol. The summed E-state index contributed by atoms with van der Waals surface area (Å²) >= 11 is 3.64. The predicted octanol–water partition coefficient (Wildman–Crippen LogP) is 28.0. The second-order valence-corrected chi connectivity index (χ2v) is 37.3. The minimum Gasteiger partial charge on any atom is -0.354 e. The van der Waals surface area contributed by atoms with Crippen LogP contribution in [0.25, 0.3) is 27.8 Å². The van der Waals surface area contributed by atoms with Crippen LogP contribution in [0.1, 0.15) is 331 Å². The van der Waals surface area contributed by atoms with Gasteiger partial charge in [-0.2, -0.15) is 20.4 Å². The van der Waals surface area contributed by atoms with E-state index in [0.717, 1.165) is 45.6 Å². The van der Waals surface area contributed by atoms with Crippen LogP contribution >= 0.6 is 22.7 Å². The van der Waals surface area contributed by atoms with Gasteiger partial charge < -0.3 is 17.8 Å². The first kappa shape index (κ1) is 103. The Bertz CT molecular complexity index is 5440. The van der Waals surface area contributed by atoms with Crippen LogP contribution < -0.4 is 0 Å². The zero-order valence-corrected chi connectivity index (χ0v) is 82.4. The zero-order chi connectivity index (χ0) is 92.1. The van der Waals surface area contributed by atoms with Gasteiger partial charge in [-0.3, -0.25) is 19.7 Å². The van der Waals surface area contributed by atoms with Crippen molar-refractivity contribution in [3.05, 3.63) is 332 Å². The lowest BCUT2D eigenvalue weighted by Crippen LogP contribution is -1.94. The normalized spacial score (nSPS) is 10.9. The van der Waals surface area contributed by atoms with Crippen LogP contribution in [-0.2, 0) is 14.1 Å². The molecule has 0 aromatic carbocycles. The van der Waals surface area contributed by atoms with Crippen LogP contribution in [-0.4, -0.2) is 91.9 Å². The van der Waals surface area contributed by atoms with Gasteiger partial charge in [0.15, 0.2) is 0 Å². The highest BCUT2D eigenvalue weighted by molar-refractivity contribution is 7.12. The number of H-pyrrole nitrogens is 1. The summed E-state index contributed by atoms with van der Waals surface area (Å²) in [6.07, 6.45) is 35.2. The van der Waals surface area contributed by atoms with Crippen LogP contribution in [0.5, 0.6) is 0 Å². The van der Waals surface area contributed by atoms with E-state index in [-0.39, 0.29) is 0 Å². The maximum atomic E-state index is 4.48. The second kappa shape index (κ2) is 51.8. The quantitative estimate of drug-likeness (QED) is 0.122. The molecule has 17 heterocycles.